The lowest BCUT2D eigenvalue weighted by Crippen LogP contribution is -2.44. The second-order valence-electron chi connectivity index (χ2n) is 6.40. The molecule has 1 amide bonds. The van der Waals surface area contributed by atoms with Gasteiger partial charge >= 0.3 is 0 Å². The number of anilines is 1. The Bertz CT molecular complexity index is 683. The molecule has 0 spiro atoms. The van der Waals surface area contributed by atoms with E-state index in [-0.39, 0.29) is 5.91 Å². The van der Waals surface area contributed by atoms with Gasteiger partial charge in [-0.25, -0.2) is 14.6 Å². The minimum Gasteiger partial charge on any atom is -0.294 e. The molecule has 130 valence electrons. The molecule has 1 atom stereocenters. The molecule has 24 heavy (non-hydrogen) atoms. The van der Waals surface area contributed by atoms with Crippen LogP contribution in [0.1, 0.15) is 24.5 Å². The number of likely N-dealkylation sites (N-methyl/N-ethyl adjacent to an activating group) is 1. The SMILES string of the molecule is Cc1nc(C)n(CC2CCCN(CC(=O)N(C)c3nccs3)C2)n1. The fourth-order valence-corrected chi connectivity index (χ4v) is 3.83. The lowest BCUT2D eigenvalue weighted by molar-refractivity contribution is -0.119. The summed E-state index contributed by atoms with van der Waals surface area (Å²) in [5.41, 5.74) is 0. The largest absolute Gasteiger partial charge is 0.294 e. The first kappa shape index (κ1) is 17.0. The Balaban J connectivity index is 1.55. The van der Waals surface area contributed by atoms with Gasteiger partial charge in [-0.1, -0.05) is 0 Å². The summed E-state index contributed by atoms with van der Waals surface area (Å²) in [7, 11) is 1.80. The molecule has 7 nitrogen and oxygen atoms in total. The van der Waals surface area contributed by atoms with E-state index in [2.05, 4.69) is 20.0 Å². The van der Waals surface area contributed by atoms with Crippen LogP contribution in [-0.4, -0.2) is 57.2 Å². The van der Waals surface area contributed by atoms with Crippen molar-refractivity contribution < 1.29 is 4.79 Å². The number of hydrogen-bond donors (Lipinski definition) is 0. The Morgan fingerprint density at radius 3 is 2.96 bits per heavy atom. The minimum atomic E-state index is 0.0957. The van der Waals surface area contributed by atoms with E-state index in [0.29, 0.717) is 12.5 Å². The lowest BCUT2D eigenvalue weighted by atomic mass is 9.98. The molecule has 0 aromatic carbocycles. The van der Waals surface area contributed by atoms with Crippen LogP contribution in [0.2, 0.25) is 0 Å². The maximum atomic E-state index is 12.5. The van der Waals surface area contributed by atoms with E-state index in [9.17, 15) is 4.79 Å². The number of aromatic nitrogens is 4. The van der Waals surface area contributed by atoms with Crippen molar-refractivity contribution >= 4 is 22.4 Å². The number of likely N-dealkylation sites (tertiary alicyclic amines) is 1. The summed E-state index contributed by atoms with van der Waals surface area (Å²) in [6.07, 6.45) is 4.01. The number of aryl methyl sites for hydroxylation is 2. The molecular formula is C16H24N6OS. The highest BCUT2D eigenvalue weighted by molar-refractivity contribution is 7.13. The van der Waals surface area contributed by atoms with Crippen molar-refractivity contribution in [2.45, 2.75) is 33.2 Å². The van der Waals surface area contributed by atoms with Gasteiger partial charge in [-0.05, 0) is 39.2 Å². The molecular weight excluding hydrogens is 324 g/mol. The number of nitrogens with zero attached hydrogens (tertiary/aromatic N) is 6. The summed E-state index contributed by atoms with van der Waals surface area (Å²) in [6.45, 7) is 7.14. The molecule has 3 rings (SSSR count). The first-order chi connectivity index (χ1) is 11.5. The average molecular weight is 348 g/mol. The molecule has 8 heteroatoms. The third-order valence-corrected chi connectivity index (χ3v) is 5.28. The average Bonchev–Trinajstić information content (AvgIpc) is 3.17. The number of carbonyl (C=O) groups is 1. The fourth-order valence-electron chi connectivity index (χ4n) is 3.21. The molecule has 0 saturated carbocycles. The second-order valence-corrected chi connectivity index (χ2v) is 7.27. The lowest BCUT2D eigenvalue weighted by Gasteiger charge is -2.33. The third kappa shape index (κ3) is 3.99. The minimum absolute atomic E-state index is 0.0957. The van der Waals surface area contributed by atoms with E-state index < -0.39 is 0 Å². The van der Waals surface area contributed by atoms with Crippen LogP contribution < -0.4 is 4.90 Å². The Hall–Kier alpha value is -1.80. The Morgan fingerprint density at radius 2 is 2.29 bits per heavy atom. The van der Waals surface area contributed by atoms with Crippen LogP contribution in [0.3, 0.4) is 0 Å². The van der Waals surface area contributed by atoms with E-state index in [1.165, 1.54) is 17.8 Å². The van der Waals surface area contributed by atoms with Gasteiger partial charge in [0.05, 0.1) is 6.54 Å². The number of carbonyl (C=O) groups excluding carboxylic acids is 1. The standard InChI is InChI=1S/C16H24N6OS/c1-12-18-13(2)22(19-12)10-14-5-4-7-21(9-14)11-15(23)20(3)16-17-6-8-24-16/h6,8,14H,4-5,7,9-11H2,1-3H3. The normalized spacial score (nSPS) is 18.7. The van der Waals surface area contributed by atoms with Crippen molar-refractivity contribution in [3.8, 4) is 0 Å². The number of amides is 1. The first-order valence-electron chi connectivity index (χ1n) is 8.29. The van der Waals surface area contributed by atoms with Crippen LogP contribution in [0.4, 0.5) is 5.13 Å². The van der Waals surface area contributed by atoms with E-state index in [4.69, 9.17) is 0 Å². The van der Waals surface area contributed by atoms with E-state index in [1.807, 2.05) is 23.9 Å². The van der Waals surface area contributed by atoms with Crippen LogP contribution in [0, 0.1) is 19.8 Å². The summed E-state index contributed by atoms with van der Waals surface area (Å²) in [5, 5.41) is 7.10. The smallest absolute Gasteiger partial charge is 0.242 e. The van der Waals surface area contributed by atoms with Crippen molar-refractivity contribution in [3.05, 3.63) is 23.2 Å². The van der Waals surface area contributed by atoms with Crippen molar-refractivity contribution in [1.82, 2.24) is 24.6 Å². The number of piperidine rings is 1. The molecule has 1 saturated heterocycles. The molecule has 0 N–H and O–H groups in total. The van der Waals surface area contributed by atoms with Gasteiger partial charge in [0, 0.05) is 31.7 Å². The van der Waals surface area contributed by atoms with Gasteiger partial charge in [-0.2, -0.15) is 5.10 Å². The predicted octanol–water partition coefficient (Wildman–Crippen LogP) is 1.73. The van der Waals surface area contributed by atoms with Crippen LogP contribution in [0.25, 0.3) is 0 Å². The number of hydrogen-bond acceptors (Lipinski definition) is 6. The van der Waals surface area contributed by atoms with Gasteiger partial charge in [0.2, 0.25) is 5.91 Å². The van der Waals surface area contributed by atoms with Crippen LogP contribution in [0.5, 0.6) is 0 Å². The van der Waals surface area contributed by atoms with Crippen molar-refractivity contribution in [3.63, 3.8) is 0 Å². The van der Waals surface area contributed by atoms with Crippen LogP contribution >= 0.6 is 11.3 Å². The van der Waals surface area contributed by atoms with Gasteiger partial charge in [0.15, 0.2) is 5.13 Å². The summed E-state index contributed by atoms with van der Waals surface area (Å²) in [5.74, 6) is 2.39. The van der Waals surface area contributed by atoms with E-state index >= 15 is 0 Å². The maximum absolute atomic E-state index is 12.5. The highest BCUT2D eigenvalue weighted by atomic mass is 32.1. The quantitative estimate of drug-likeness (QED) is 0.823. The van der Waals surface area contributed by atoms with Gasteiger partial charge in [-0.15, -0.1) is 11.3 Å². The van der Waals surface area contributed by atoms with Gasteiger partial charge in [-0.3, -0.25) is 14.6 Å². The zero-order chi connectivity index (χ0) is 17.1. The molecule has 1 aliphatic heterocycles. The van der Waals surface area contributed by atoms with Crippen molar-refractivity contribution in [2.75, 3.05) is 31.6 Å². The van der Waals surface area contributed by atoms with Gasteiger partial charge in [0.1, 0.15) is 11.6 Å². The Labute approximate surface area is 146 Å². The van der Waals surface area contributed by atoms with Crippen LogP contribution in [-0.2, 0) is 11.3 Å². The molecule has 1 fully saturated rings. The topological polar surface area (TPSA) is 67.2 Å². The summed E-state index contributed by atoms with van der Waals surface area (Å²) >= 11 is 1.48. The highest BCUT2D eigenvalue weighted by Gasteiger charge is 2.24. The molecule has 2 aromatic heterocycles. The van der Waals surface area contributed by atoms with Crippen molar-refractivity contribution in [2.24, 2.45) is 5.92 Å². The predicted molar refractivity (Wildman–Crippen MR) is 94.2 cm³/mol. The first-order valence-corrected chi connectivity index (χ1v) is 9.17. The molecule has 0 aliphatic carbocycles. The highest BCUT2D eigenvalue weighted by Crippen LogP contribution is 2.20. The molecule has 1 aliphatic rings. The Kier molecular flexibility index (Phi) is 5.25. The number of rotatable bonds is 5. The summed E-state index contributed by atoms with van der Waals surface area (Å²) in [4.78, 5) is 24.9. The molecule has 0 bridgehead atoms. The van der Waals surface area contributed by atoms with Crippen molar-refractivity contribution in [1.29, 1.82) is 0 Å². The Morgan fingerprint density at radius 1 is 1.46 bits per heavy atom. The maximum Gasteiger partial charge on any atom is 0.242 e. The number of thiazole rings is 1. The molecule has 0 radical (unpaired) electrons. The second kappa shape index (κ2) is 7.40. The van der Waals surface area contributed by atoms with E-state index in [0.717, 1.165) is 42.8 Å². The molecule has 2 aromatic rings. The monoisotopic (exact) mass is 348 g/mol. The van der Waals surface area contributed by atoms with Gasteiger partial charge < -0.3 is 0 Å². The van der Waals surface area contributed by atoms with E-state index in [1.54, 1.807) is 18.1 Å². The zero-order valence-electron chi connectivity index (χ0n) is 14.5. The molecule has 3 heterocycles. The third-order valence-electron chi connectivity index (χ3n) is 4.44. The zero-order valence-corrected chi connectivity index (χ0v) is 15.3. The molecule has 1 unspecified atom stereocenters. The van der Waals surface area contributed by atoms with Gasteiger partial charge in [0.25, 0.3) is 0 Å². The summed E-state index contributed by atoms with van der Waals surface area (Å²) in [6, 6.07) is 0. The fraction of sp³-hybridized carbons (Fsp3) is 0.625. The summed E-state index contributed by atoms with van der Waals surface area (Å²) < 4.78 is 1.99. The van der Waals surface area contributed by atoms with Crippen LogP contribution in [0.15, 0.2) is 11.6 Å².